The molecule has 1 aromatic heterocycles. The van der Waals surface area contributed by atoms with Crippen molar-refractivity contribution < 1.29 is 9.59 Å². The number of nitrogens with two attached hydrogens (primary N) is 1. The second-order valence-corrected chi connectivity index (χ2v) is 5.73. The number of hydrogen-bond acceptors (Lipinski definition) is 4. The van der Waals surface area contributed by atoms with Crippen molar-refractivity contribution in [3.63, 3.8) is 0 Å². The van der Waals surface area contributed by atoms with Gasteiger partial charge >= 0.3 is 0 Å². The summed E-state index contributed by atoms with van der Waals surface area (Å²) in [5.41, 5.74) is 5.16. The zero-order chi connectivity index (χ0) is 13.7. The largest absolute Gasteiger partial charge is 0.369 e. The van der Waals surface area contributed by atoms with Gasteiger partial charge in [0.1, 0.15) is 0 Å². The molecule has 6 heteroatoms. The van der Waals surface area contributed by atoms with Crippen molar-refractivity contribution in [2.45, 2.75) is 12.8 Å². The molecule has 1 fully saturated rings. The van der Waals surface area contributed by atoms with Gasteiger partial charge in [-0.3, -0.25) is 14.5 Å². The summed E-state index contributed by atoms with van der Waals surface area (Å²) < 4.78 is 0. The first kappa shape index (κ1) is 14.0. The van der Waals surface area contributed by atoms with E-state index < -0.39 is 0 Å². The number of piperazine rings is 1. The molecule has 0 aliphatic carbocycles. The van der Waals surface area contributed by atoms with Gasteiger partial charge in [0.15, 0.2) is 0 Å². The van der Waals surface area contributed by atoms with Gasteiger partial charge in [-0.05, 0) is 17.9 Å². The van der Waals surface area contributed by atoms with Crippen molar-refractivity contribution >= 4 is 23.2 Å². The lowest BCUT2D eigenvalue weighted by Crippen LogP contribution is -2.50. The molecule has 19 heavy (non-hydrogen) atoms. The minimum atomic E-state index is -0.308. The van der Waals surface area contributed by atoms with E-state index in [9.17, 15) is 9.59 Å². The Balaban J connectivity index is 1.71. The third kappa shape index (κ3) is 4.33. The van der Waals surface area contributed by atoms with E-state index in [4.69, 9.17) is 5.73 Å². The van der Waals surface area contributed by atoms with Gasteiger partial charge in [-0.25, -0.2) is 0 Å². The summed E-state index contributed by atoms with van der Waals surface area (Å²) in [5, 5.41) is 2.03. The number of primary amides is 1. The minimum Gasteiger partial charge on any atom is -0.369 e. The van der Waals surface area contributed by atoms with E-state index in [2.05, 4.69) is 6.07 Å². The summed E-state index contributed by atoms with van der Waals surface area (Å²) in [4.78, 5) is 28.0. The van der Waals surface area contributed by atoms with Crippen LogP contribution in [-0.4, -0.2) is 54.3 Å². The highest BCUT2D eigenvalue weighted by Crippen LogP contribution is 2.12. The Morgan fingerprint density at radius 1 is 1.26 bits per heavy atom. The third-order valence-corrected chi connectivity index (χ3v) is 4.21. The molecule has 1 aliphatic heterocycles. The monoisotopic (exact) mass is 281 g/mol. The average Bonchev–Trinajstić information content (AvgIpc) is 2.89. The lowest BCUT2D eigenvalue weighted by atomic mass is 10.2. The maximum atomic E-state index is 12.0. The minimum absolute atomic E-state index is 0.201. The molecule has 1 aliphatic rings. The maximum Gasteiger partial charge on any atom is 0.231 e. The smallest absolute Gasteiger partial charge is 0.231 e. The van der Waals surface area contributed by atoms with Crippen molar-refractivity contribution in [2.24, 2.45) is 5.73 Å². The normalized spacial score (nSPS) is 16.5. The number of carbonyl (C=O) groups is 2. The number of hydrogen-bond donors (Lipinski definition) is 1. The zero-order valence-electron chi connectivity index (χ0n) is 10.9. The summed E-state index contributed by atoms with van der Waals surface area (Å²) in [6, 6.07) is 4.07. The van der Waals surface area contributed by atoms with Crippen LogP contribution in [0.3, 0.4) is 0 Å². The van der Waals surface area contributed by atoms with Crippen LogP contribution in [0.1, 0.15) is 11.3 Å². The molecule has 0 bridgehead atoms. The summed E-state index contributed by atoms with van der Waals surface area (Å²) in [5.74, 6) is -0.107. The van der Waals surface area contributed by atoms with E-state index in [1.165, 1.54) is 4.88 Å². The first-order chi connectivity index (χ1) is 9.15. The molecule has 2 N–H and O–H groups in total. The quantitative estimate of drug-likeness (QED) is 0.844. The molecule has 0 atom stereocenters. The Bertz CT molecular complexity index is 425. The van der Waals surface area contributed by atoms with Crippen molar-refractivity contribution in [3.05, 3.63) is 22.4 Å². The predicted molar refractivity (Wildman–Crippen MR) is 74.9 cm³/mol. The number of aryl methyl sites for hydroxylation is 1. The Morgan fingerprint density at radius 3 is 2.58 bits per heavy atom. The van der Waals surface area contributed by atoms with E-state index in [0.717, 1.165) is 19.5 Å². The van der Waals surface area contributed by atoms with Crippen LogP contribution in [0.25, 0.3) is 0 Å². The average molecular weight is 281 g/mol. The van der Waals surface area contributed by atoms with E-state index in [1.807, 2.05) is 21.2 Å². The molecule has 1 aromatic rings. The van der Waals surface area contributed by atoms with Gasteiger partial charge in [0, 0.05) is 37.5 Å². The highest BCUT2D eigenvalue weighted by Gasteiger charge is 2.21. The number of thiophene rings is 1. The van der Waals surface area contributed by atoms with E-state index in [1.54, 1.807) is 11.3 Å². The van der Waals surface area contributed by atoms with Gasteiger partial charge in [-0.15, -0.1) is 11.3 Å². The van der Waals surface area contributed by atoms with Crippen molar-refractivity contribution in [1.82, 2.24) is 9.80 Å². The van der Waals surface area contributed by atoms with Crippen molar-refractivity contribution in [3.8, 4) is 0 Å². The summed E-state index contributed by atoms with van der Waals surface area (Å²) in [6.45, 7) is 3.13. The fourth-order valence-corrected chi connectivity index (χ4v) is 2.93. The third-order valence-electron chi connectivity index (χ3n) is 3.27. The van der Waals surface area contributed by atoms with Crippen LogP contribution in [-0.2, 0) is 16.0 Å². The predicted octanol–water partition coefficient (Wildman–Crippen LogP) is 0.310. The van der Waals surface area contributed by atoms with Crippen LogP contribution in [0.4, 0.5) is 0 Å². The Morgan fingerprint density at radius 2 is 2.00 bits per heavy atom. The molecular weight excluding hydrogens is 262 g/mol. The van der Waals surface area contributed by atoms with Crippen LogP contribution in [0.2, 0.25) is 0 Å². The van der Waals surface area contributed by atoms with Gasteiger partial charge in [-0.2, -0.15) is 0 Å². The fourth-order valence-electron chi connectivity index (χ4n) is 2.22. The van der Waals surface area contributed by atoms with E-state index >= 15 is 0 Å². The van der Waals surface area contributed by atoms with Crippen molar-refractivity contribution in [1.29, 1.82) is 0 Å². The van der Waals surface area contributed by atoms with Crippen LogP contribution in [0, 0.1) is 0 Å². The summed E-state index contributed by atoms with van der Waals surface area (Å²) in [7, 11) is 0. The van der Waals surface area contributed by atoms with Crippen LogP contribution in [0.5, 0.6) is 0 Å². The standard InChI is InChI=1S/C13H19N3O2S/c14-12(17)10-15-5-7-16(8-6-15)13(18)4-3-11-2-1-9-19-11/h1-2,9H,3-8,10H2,(H2,14,17). The van der Waals surface area contributed by atoms with Gasteiger partial charge in [-0.1, -0.05) is 6.07 Å². The van der Waals surface area contributed by atoms with Gasteiger partial charge < -0.3 is 10.6 Å². The molecule has 0 aromatic carbocycles. The fraction of sp³-hybridized carbons (Fsp3) is 0.538. The molecule has 0 radical (unpaired) electrons. The molecular formula is C13H19N3O2S. The number of carbonyl (C=O) groups excluding carboxylic acids is 2. The number of amides is 2. The number of rotatable bonds is 5. The first-order valence-corrected chi connectivity index (χ1v) is 7.34. The lowest BCUT2D eigenvalue weighted by Gasteiger charge is -2.34. The second kappa shape index (κ2) is 6.68. The highest BCUT2D eigenvalue weighted by atomic mass is 32.1. The van der Waals surface area contributed by atoms with Crippen molar-refractivity contribution in [2.75, 3.05) is 32.7 Å². The van der Waals surface area contributed by atoms with Crippen LogP contribution >= 0.6 is 11.3 Å². The summed E-state index contributed by atoms with van der Waals surface area (Å²) >= 11 is 1.69. The topological polar surface area (TPSA) is 66.6 Å². The first-order valence-electron chi connectivity index (χ1n) is 6.46. The maximum absolute atomic E-state index is 12.0. The Kier molecular flexibility index (Phi) is 4.93. The Labute approximate surface area is 117 Å². The SMILES string of the molecule is NC(=O)CN1CCN(C(=O)CCc2cccs2)CC1. The molecule has 5 nitrogen and oxygen atoms in total. The summed E-state index contributed by atoms with van der Waals surface area (Å²) in [6.07, 6.45) is 1.38. The number of nitrogens with zero attached hydrogens (tertiary/aromatic N) is 2. The molecule has 104 valence electrons. The second-order valence-electron chi connectivity index (χ2n) is 4.70. The lowest BCUT2D eigenvalue weighted by molar-refractivity contribution is -0.133. The molecule has 0 spiro atoms. The van der Waals surface area contributed by atoms with E-state index in [-0.39, 0.29) is 18.4 Å². The van der Waals surface area contributed by atoms with E-state index in [0.29, 0.717) is 19.5 Å². The zero-order valence-corrected chi connectivity index (χ0v) is 11.7. The molecule has 0 saturated carbocycles. The molecule has 2 rings (SSSR count). The van der Waals surface area contributed by atoms with Crippen LogP contribution in [0.15, 0.2) is 17.5 Å². The van der Waals surface area contributed by atoms with Gasteiger partial charge in [0.2, 0.25) is 11.8 Å². The van der Waals surface area contributed by atoms with Crippen LogP contribution < -0.4 is 5.73 Å². The molecule has 0 unspecified atom stereocenters. The molecule has 2 amide bonds. The molecule has 1 saturated heterocycles. The molecule has 2 heterocycles. The highest BCUT2D eigenvalue weighted by molar-refractivity contribution is 7.09. The Hall–Kier alpha value is -1.40. The van der Waals surface area contributed by atoms with Gasteiger partial charge in [0.05, 0.1) is 6.54 Å². The van der Waals surface area contributed by atoms with Gasteiger partial charge in [0.25, 0.3) is 0 Å².